The molecule has 0 N–H and O–H groups in total. The first kappa shape index (κ1) is 84.7. The van der Waals surface area contributed by atoms with Gasteiger partial charge < -0.3 is 14.7 Å². The number of hydrogen-bond donors (Lipinski definition) is 0. The van der Waals surface area contributed by atoms with Gasteiger partial charge in [-0.2, -0.15) is 0 Å². The number of anilines is 9. The summed E-state index contributed by atoms with van der Waals surface area (Å²) in [5.41, 5.74) is 38.8. The SMILES string of the molecule is CC1(C)c2cc(N(c3ccc(-c4ccccc4)cc3)c3ccc(-c4ccccc4)cc3)ccc2-c2c1ccc1sc3ccccc3c21.CC1(C)c2cc(N(c3ccccc3)c3ccc(-c4ccc5ccccc5c4)cc3)ccc2-c2c1ccc1sc3ccccc3c21.CC1(C)c2ccc(N(c3ccc(-c4ccccc4)cc3)c3ccc(-c4ccccc4)cc3)cc2-c2c1ccc1sc3ccccc3c21. The minimum absolute atomic E-state index is 0.0834. The molecule has 0 saturated carbocycles. The maximum absolute atomic E-state index is 2.44. The van der Waals surface area contributed by atoms with Crippen LogP contribution < -0.4 is 14.7 Å². The van der Waals surface area contributed by atoms with E-state index in [9.17, 15) is 0 Å². The maximum atomic E-state index is 2.44. The summed E-state index contributed by atoms with van der Waals surface area (Å²) in [4.78, 5) is 7.19. The molecule has 21 aromatic carbocycles. The van der Waals surface area contributed by atoms with Gasteiger partial charge in [-0.25, -0.2) is 0 Å². The van der Waals surface area contributed by atoms with E-state index in [-0.39, 0.29) is 16.2 Å². The van der Waals surface area contributed by atoms with Crippen LogP contribution >= 0.6 is 34.0 Å². The van der Waals surface area contributed by atoms with Crippen LogP contribution in [0, 0.1) is 0 Å². The average molecular weight is 1830 g/mol. The van der Waals surface area contributed by atoms with E-state index >= 15 is 0 Å². The highest BCUT2D eigenvalue weighted by molar-refractivity contribution is 7.26. The van der Waals surface area contributed by atoms with Crippen LogP contribution in [0.3, 0.4) is 0 Å². The first-order chi connectivity index (χ1) is 68.2. The number of benzene rings is 21. The topological polar surface area (TPSA) is 9.72 Å². The van der Waals surface area contributed by atoms with Crippen LogP contribution in [0.25, 0.3) is 160 Å². The summed E-state index contributed by atoms with van der Waals surface area (Å²) in [5, 5.41) is 10.8. The number of para-hydroxylation sites is 1. The van der Waals surface area contributed by atoms with E-state index in [2.05, 4.69) is 535 Å². The van der Waals surface area contributed by atoms with Crippen LogP contribution in [-0.2, 0) is 16.2 Å². The molecule has 0 aliphatic heterocycles. The lowest BCUT2D eigenvalue weighted by atomic mass is 9.82. The molecule has 139 heavy (non-hydrogen) atoms. The zero-order valence-corrected chi connectivity index (χ0v) is 80.6. The Kier molecular flexibility index (Phi) is 20.9. The molecule has 3 aliphatic carbocycles. The van der Waals surface area contributed by atoms with Gasteiger partial charge in [-0.3, -0.25) is 0 Å². The predicted molar refractivity (Wildman–Crippen MR) is 599 cm³/mol. The van der Waals surface area contributed by atoms with Crippen molar-refractivity contribution in [1.82, 2.24) is 0 Å². The molecule has 6 heteroatoms. The molecule has 0 saturated heterocycles. The molecule has 0 unspecified atom stereocenters. The van der Waals surface area contributed by atoms with Crippen molar-refractivity contribution >= 4 is 156 Å². The lowest BCUT2D eigenvalue weighted by Crippen LogP contribution is -2.16. The molecule has 0 amide bonds. The van der Waals surface area contributed by atoms with Crippen LogP contribution in [0.2, 0.25) is 0 Å². The van der Waals surface area contributed by atoms with Gasteiger partial charge in [-0.1, -0.05) is 369 Å². The molecular formula is C133H97N3S3. The maximum Gasteiger partial charge on any atom is 0.0468 e. The highest BCUT2D eigenvalue weighted by atomic mass is 32.1. The molecule has 0 fully saturated rings. The predicted octanol–water partition coefficient (Wildman–Crippen LogP) is 39.0. The quantitative estimate of drug-likeness (QED) is 0.107. The fraction of sp³-hybridized carbons (Fsp3) is 0.0677. The van der Waals surface area contributed by atoms with Crippen molar-refractivity contribution in [1.29, 1.82) is 0 Å². The minimum atomic E-state index is -0.127. The van der Waals surface area contributed by atoms with Crippen LogP contribution in [-0.4, -0.2) is 0 Å². The fourth-order valence-electron chi connectivity index (χ4n) is 22.3. The summed E-state index contributed by atoms with van der Waals surface area (Å²) in [6, 6.07) is 175. The Bertz CT molecular complexity index is 8680. The van der Waals surface area contributed by atoms with Crippen molar-refractivity contribution in [3.63, 3.8) is 0 Å². The molecule has 0 bridgehead atoms. The number of hydrogen-bond acceptors (Lipinski definition) is 6. The Morgan fingerprint density at radius 1 is 0.158 bits per heavy atom. The third kappa shape index (κ3) is 14.7. The van der Waals surface area contributed by atoms with E-state index < -0.39 is 0 Å². The number of rotatable bonds is 14. The Labute approximate surface area is 824 Å². The van der Waals surface area contributed by atoms with Crippen molar-refractivity contribution in [2.75, 3.05) is 14.7 Å². The van der Waals surface area contributed by atoms with Gasteiger partial charge in [0.25, 0.3) is 0 Å². The van der Waals surface area contributed by atoms with Crippen molar-refractivity contribution in [2.24, 2.45) is 0 Å². The molecule has 0 spiro atoms. The Balaban J connectivity index is 0.000000110. The lowest BCUT2D eigenvalue weighted by molar-refractivity contribution is 0.661. The van der Waals surface area contributed by atoms with Gasteiger partial charge in [0.2, 0.25) is 0 Å². The van der Waals surface area contributed by atoms with Gasteiger partial charge >= 0.3 is 0 Å². The lowest BCUT2D eigenvalue weighted by Gasteiger charge is -2.28. The summed E-state index contributed by atoms with van der Waals surface area (Å²) in [6.45, 7) is 14.3. The van der Waals surface area contributed by atoms with Gasteiger partial charge in [-0.15, -0.1) is 34.0 Å². The van der Waals surface area contributed by atoms with E-state index in [1.54, 1.807) is 0 Å². The van der Waals surface area contributed by atoms with E-state index in [0.29, 0.717) is 0 Å². The molecule has 3 nitrogen and oxygen atoms in total. The summed E-state index contributed by atoms with van der Waals surface area (Å²) in [5.74, 6) is 0. The molecule has 3 aliphatic rings. The average Bonchev–Trinajstić information content (AvgIpc) is 1.55. The van der Waals surface area contributed by atoms with Gasteiger partial charge in [0.1, 0.15) is 0 Å². The van der Waals surface area contributed by atoms with Crippen molar-refractivity contribution in [3.8, 4) is 89.0 Å². The van der Waals surface area contributed by atoms with E-state index in [1.807, 2.05) is 34.0 Å². The van der Waals surface area contributed by atoms with Crippen LogP contribution in [0.1, 0.15) is 74.9 Å². The smallest absolute Gasteiger partial charge is 0.0468 e. The Morgan fingerprint density at radius 3 is 0.770 bits per heavy atom. The zero-order valence-electron chi connectivity index (χ0n) is 78.2. The minimum Gasteiger partial charge on any atom is -0.310 e. The van der Waals surface area contributed by atoms with Gasteiger partial charge in [0, 0.05) is 128 Å². The summed E-state index contributed by atoms with van der Waals surface area (Å²) >= 11 is 5.69. The standard InChI is InChI=1S/2C45H33NS.C43H31NS/c1-45(2)39-27-28-42-44(38-15-9-10-16-41(38)47-42)43(39)37-26-25-36(29-40(37)45)46(34-21-17-32(18-22-34)30-11-5-3-6-12-30)35-23-19-33(20-24-35)31-13-7-4-8-14-31;1-45(2)39-26-25-36(29-38(39)43-40(45)27-28-42-44(43)37-15-9-10-16-41(37)47-42)46(34-21-17-32(18-22-34)30-11-5-3-6-12-30)35-23-19-33(20-24-35)31-13-7-4-8-14-31;1-43(2)37-24-25-40-42(36-14-8-9-15-39(36)45-40)41(37)35-23-22-34(27-38(35)43)44(32-12-4-3-5-13-32)33-20-18-29(19-21-33)31-17-16-28-10-6-7-11-30(28)26-31/h2*3-29H,1-2H3;3-27H,1-2H3. The van der Waals surface area contributed by atoms with Gasteiger partial charge in [0.05, 0.1) is 0 Å². The van der Waals surface area contributed by atoms with Gasteiger partial charge in [-0.05, 0) is 285 Å². The molecule has 0 radical (unpaired) electrons. The van der Waals surface area contributed by atoms with Crippen LogP contribution in [0.4, 0.5) is 51.2 Å². The molecule has 3 heterocycles. The largest absolute Gasteiger partial charge is 0.310 e. The van der Waals surface area contributed by atoms with Crippen molar-refractivity contribution in [2.45, 2.75) is 57.8 Å². The number of thiophene rings is 3. The Morgan fingerprint density at radius 2 is 0.410 bits per heavy atom. The second kappa shape index (κ2) is 34.3. The first-order valence-electron chi connectivity index (χ1n) is 48.1. The second-order valence-corrected chi connectivity index (χ2v) is 41.8. The summed E-state index contributed by atoms with van der Waals surface area (Å²) in [7, 11) is 0. The van der Waals surface area contributed by atoms with E-state index in [1.165, 1.54) is 199 Å². The summed E-state index contributed by atoms with van der Waals surface area (Å²) in [6.07, 6.45) is 0. The van der Waals surface area contributed by atoms with E-state index in [0.717, 1.165) is 45.5 Å². The molecule has 0 atom stereocenters. The second-order valence-electron chi connectivity index (χ2n) is 38.5. The van der Waals surface area contributed by atoms with E-state index in [4.69, 9.17) is 0 Å². The van der Waals surface area contributed by atoms with Gasteiger partial charge in [0.15, 0.2) is 0 Å². The Hall–Kier alpha value is -16.1. The highest BCUT2D eigenvalue weighted by Crippen LogP contribution is 2.60. The molecule has 662 valence electrons. The third-order valence-corrected chi connectivity index (χ3v) is 32.8. The molecular weight excluding hydrogens is 1740 g/mol. The zero-order chi connectivity index (χ0) is 93.2. The molecule has 24 aromatic rings. The molecule has 27 rings (SSSR count). The molecule has 3 aromatic heterocycles. The first-order valence-corrected chi connectivity index (χ1v) is 50.6. The van der Waals surface area contributed by atoms with Crippen molar-refractivity contribution < 1.29 is 0 Å². The number of fused-ring (bicyclic) bond motifs is 22. The highest BCUT2D eigenvalue weighted by Gasteiger charge is 2.42. The van der Waals surface area contributed by atoms with Crippen molar-refractivity contribution in [3.05, 3.63) is 513 Å². The number of nitrogens with zero attached hydrogens (tertiary/aromatic N) is 3. The third-order valence-electron chi connectivity index (χ3n) is 29.4. The van der Waals surface area contributed by atoms with Crippen LogP contribution in [0.15, 0.2) is 479 Å². The monoisotopic (exact) mass is 1830 g/mol. The van der Waals surface area contributed by atoms with Crippen LogP contribution in [0.5, 0.6) is 0 Å². The summed E-state index contributed by atoms with van der Waals surface area (Å²) < 4.78 is 8.12. The fourth-order valence-corrected chi connectivity index (χ4v) is 25.7. The normalized spacial score (nSPS) is 13.1.